The van der Waals surface area contributed by atoms with Crippen molar-refractivity contribution in [1.82, 2.24) is 10.3 Å². The van der Waals surface area contributed by atoms with E-state index >= 15 is 0 Å². The maximum absolute atomic E-state index is 12.1. The number of aromatic nitrogens is 1. The molecule has 0 unspecified atom stereocenters. The average Bonchev–Trinajstić information content (AvgIpc) is 3.34. The zero-order valence-corrected chi connectivity index (χ0v) is 16.2. The highest BCUT2D eigenvalue weighted by Crippen LogP contribution is 2.26. The second kappa shape index (κ2) is 9.01. The van der Waals surface area contributed by atoms with Crippen LogP contribution in [0, 0.1) is 0 Å². The Morgan fingerprint density at radius 2 is 2.14 bits per heavy atom. The molecule has 8 heteroatoms. The van der Waals surface area contributed by atoms with E-state index in [-0.39, 0.29) is 11.8 Å². The van der Waals surface area contributed by atoms with E-state index < -0.39 is 0 Å². The van der Waals surface area contributed by atoms with E-state index in [1.807, 2.05) is 24.3 Å². The molecule has 0 aliphatic carbocycles. The van der Waals surface area contributed by atoms with Crippen molar-refractivity contribution in [2.45, 2.75) is 13.5 Å². The minimum absolute atomic E-state index is 0.126. The minimum atomic E-state index is -0.283. The first kappa shape index (κ1) is 19.4. The summed E-state index contributed by atoms with van der Waals surface area (Å²) in [6.07, 6.45) is 3.14. The van der Waals surface area contributed by atoms with Gasteiger partial charge in [-0.15, -0.1) is 11.3 Å². The van der Waals surface area contributed by atoms with Gasteiger partial charge in [0, 0.05) is 18.4 Å². The van der Waals surface area contributed by atoms with Crippen LogP contribution >= 0.6 is 11.3 Å². The first-order chi connectivity index (χ1) is 13.5. The first-order valence-corrected chi connectivity index (χ1v) is 9.33. The summed E-state index contributed by atoms with van der Waals surface area (Å²) in [7, 11) is 1.59. The molecule has 2 aromatic heterocycles. The van der Waals surface area contributed by atoms with Crippen LogP contribution in [-0.4, -0.2) is 23.9 Å². The molecule has 0 atom stereocenters. The molecule has 7 nitrogen and oxygen atoms in total. The van der Waals surface area contributed by atoms with Crippen LogP contribution in [0.5, 0.6) is 5.75 Å². The number of methoxy groups -OCH3 is 1. The highest BCUT2D eigenvalue weighted by atomic mass is 32.1. The molecule has 0 radical (unpaired) electrons. The molecule has 3 rings (SSSR count). The lowest BCUT2D eigenvalue weighted by Gasteiger charge is -2.00. The van der Waals surface area contributed by atoms with E-state index in [4.69, 9.17) is 9.15 Å². The Kier molecular flexibility index (Phi) is 6.23. The van der Waals surface area contributed by atoms with Crippen LogP contribution in [0.1, 0.15) is 18.2 Å². The highest BCUT2D eigenvalue weighted by Gasteiger charge is 2.10. The number of furan rings is 1. The fraction of sp³-hybridized carbons (Fsp3) is 0.150. The molecule has 2 amide bonds. The molecule has 0 spiro atoms. The largest absolute Gasteiger partial charge is 0.497 e. The number of hydrogen-bond acceptors (Lipinski definition) is 6. The van der Waals surface area contributed by atoms with Gasteiger partial charge in [-0.25, -0.2) is 4.98 Å². The Labute approximate surface area is 166 Å². The quantitative estimate of drug-likeness (QED) is 0.593. The summed E-state index contributed by atoms with van der Waals surface area (Å²) in [5.74, 6) is 1.52. The minimum Gasteiger partial charge on any atom is -0.497 e. The lowest BCUT2D eigenvalue weighted by Crippen LogP contribution is -2.18. The number of rotatable bonds is 7. The average molecular weight is 397 g/mol. The Bertz CT molecular complexity index is 1010. The number of carbonyl (C=O) groups excluding carboxylic acids is 2. The third kappa shape index (κ3) is 5.31. The molecule has 1 aromatic carbocycles. The second-order valence-corrected chi connectivity index (χ2v) is 6.67. The maximum atomic E-state index is 12.1. The van der Waals surface area contributed by atoms with Crippen molar-refractivity contribution in [2.75, 3.05) is 12.4 Å². The van der Waals surface area contributed by atoms with Crippen molar-refractivity contribution in [3.8, 4) is 17.2 Å². The highest BCUT2D eigenvalue weighted by molar-refractivity contribution is 7.14. The van der Waals surface area contributed by atoms with E-state index in [0.29, 0.717) is 28.9 Å². The molecule has 3 aromatic rings. The predicted molar refractivity (Wildman–Crippen MR) is 108 cm³/mol. The Morgan fingerprint density at radius 3 is 2.93 bits per heavy atom. The number of nitrogens with zero attached hydrogens (tertiary/aromatic N) is 1. The predicted octanol–water partition coefficient (Wildman–Crippen LogP) is 3.70. The molecule has 0 fully saturated rings. The Hall–Kier alpha value is -3.39. The maximum Gasteiger partial charge on any atom is 0.250 e. The van der Waals surface area contributed by atoms with Gasteiger partial charge in [-0.05, 0) is 35.9 Å². The van der Waals surface area contributed by atoms with Crippen molar-refractivity contribution in [2.24, 2.45) is 0 Å². The summed E-state index contributed by atoms with van der Waals surface area (Å²) in [4.78, 5) is 27.4. The van der Waals surface area contributed by atoms with Gasteiger partial charge in [0.1, 0.15) is 17.2 Å². The number of ether oxygens (including phenoxy) is 1. The van der Waals surface area contributed by atoms with E-state index in [2.05, 4.69) is 15.6 Å². The summed E-state index contributed by atoms with van der Waals surface area (Å²) in [6.45, 7) is 1.76. The van der Waals surface area contributed by atoms with Crippen LogP contribution in [0.3, 0.4) is 0 Å². The van der Waals surface area contributed by atoms with Crippen LogP contribution in [0.4, 0.5) is 5.13 Å². The molecule has 0 saturated carbocycles. The SMILES string of the molecule is COc1cccc(/C=C/C(=O)Nc2nc(-c3ccc(CNC(C)=O)o3)cs2)c1. The molecule has 0 aliphatic rings. The van der Waals surface area contributed by atoms with E-state index in [9.17, 15) is 9.59 Å². The standard InChI is InChI=1S/C20H19N3O4S/c1-13(24)21-11-16-7-8-18(27-16)17-12-28-20(22-17)23-19(25)9-6-14-4-3-5-15(10-14)26-2/h3-10,12H,11H2,1-2H3,(H,21,24)(H,22,23,25)/b9-6+. The lowest BCUT2D eigenvalue weighted by molar-refractivity contribution is -0.119. The van der Waals surface area contributed by atoms with Crippen molar-refractivity contribution >= 4 is 34.4 Å². The van der Waals surface area contributed by atoms with Gasteiger partial charge in [0.15, 0.2) is 10.9 Å². The summed E-state index contributed by atoms with van der Waals surface area (Å²) < 4.78 is 10.8. The number of thiazole rings is 1. The van der Waals surface area contributed by atoms with Crippen LogP contribution in [0.15, 0.2) is 52.3 Å². The van der Waals surface area contributed by atoms with Crippen molar-refractivity contribution in [1.29, 1.82) is 0 Å². The first-order valence-electron chi connectivity index (χ1n) is 8.45. The number of nitrogens with one attached hydrogen (secondary N) is 2. The molecule has 2 N–H and O–H groups in total. The van der Waals surface area contributed by atoms with Gasteiger partial charge in [-0.1, -0.05) is 12.1 Å². The fourth-order valence-corrected chi connectivity index (χ4v) is 3.03. The summed E-state index contributed by atoms with van der Waals surface area (Å²) in [6, 6.07) is 11.0. The number of hydrogen-bond donors (Lipinski definition) is 2. The number of benzene rings is 1. The van der Waals surface area contributed by atoms with E-state index in [0.717, 1.165) is 11.3 Å². The normalized spacial score (nSPS) is 10.8. The molecule has 0 bridgehead atoms. The number of anilines is 1. The van der Waals surface area contributed by atoms with E-state index in [1.54, 1.807) is 30.7 Å². The van der Waals surface area contributed by atoms with Crippen LogP contribution in [-0.2, 0) is 16.1 Å². The fourth-order valence-electron chi connectivity index (χ4n) is 2.33. The molecule has 28 heavy (non-hydrogen) atoms. The third-order valence-corrected chi connectivity index (χ3v) is 4.44. The topological polar surface area (TPSA) is 93.5 Å². The summed E-state index contributed by atoms with van der Waals surface area (Å²) in [5.41, 5.74) is 1.47. The van der Waals surface area contributed by atoms with Gasteiger partial charge in [-0.2, -0.15) is 0 Å². The van der Waals surface area contributed by atoms with Crippen LogP contribution in [0.2, 0.25) is 0 Å². The number of carbonyl (C=O) groups is 2. The van der Waals surface area contributed by atoms with Gasteiger partial charge in [-0.3, -0.25) is 14.9 Å². The van der Waals surface area contributed by atoms with Crippen LogP contribution < -0.4 is 15.4 Å². The van der Waals surface area contributed by atoms with Gasteiger partial charge in [0.25, 0.3) is 0 Å². The lowest BCUT2D eigenvalue weighted by atomic mass is 10.2. The third-order valence-electron chi connectivity index (χ3n) is 3.68. The van der Waals surface area contributed by atoms with Crippen molar-refractivity contribution in [3.63, 3.8) is 0 Å². The Balaban J connectivity index is 1.60. The zero-order valence-electron chi connectivity index (χ0n) is 15.4. The van der Waals surface area contributed by atoms with Gasteiger partial charge in [0.05, 0.1) is 13.7 Å². The van der Waals surface area contributed by atoms with Gasteiger partial charge < -0.3 is 14.5 Å². The molecule has 0 saturated heterocycles. The zero-order chi connectivity index (χ0) is 19.9. The summed E-state index contributed by atoms with van der Waals surface area (Å²) >= 11 is 1.30. The number of amides is 2. The molecular formula is C20H19N3O4S. The van der Waals surface area contributed by atoms with Gasteiger partial charge in [0.2, 0.25) is 11.8 Å². The van der Waals surface area contributed by atoms with Crippen LogP contribution in [0.25, 0.3) is 17.5 Å². The molecule has 0 aliphatic heterocycles. The van der Waals surface area contributed by atoms with Crippen molar-refractivity contribution < 1.29 is 18.7 Å². The molecular weight excluding hydrogens is 378 g/mol. The Morgan fingerprint density at radius 1 is 1.29 bits per heavy atom. The molecule has 144 valence electrons. The van der Waals surface area contributed by atoms with E-state index in [1.165, 1.54) is 24.3 Å². The molecule has 2 heterocycles. The van der Waals surface area contributed by atoms with Crippen molar-refractivity contribution in [3.05, 3.63) is 59.2 Å². The summed E-state index contributed by atoms with van der Waals surface area (Å²) in [5, 5.41) is 7.66. The monoisotopic (exact) mass is 397 g/mol. The van der Waals surface area contributed by atoms with Gasteiger partial charge >= 0.3 is 0 Å². The second-order valence-electron chi connectivity index (χ2n) is 5.81. The smallest absolute Gasteiger partial charge is 0.250 e.